The summed E-state index contributed by atoms with van der Waals surface area (Å²) in [5.41, 5.74) is -0.114. The summed E-state index contributed by atoms with van der Waals surface area (Å²) < 4.78 is 30.8. The number of aliphatic hydroxyl groups is 1. The molecule has 2 N–H and O–H groups in total. The second kappa shape index (κ2) is 8.04. The van der Waals surface area contributed by atoms with Gasteiger partial charge in [0.15, 0.2) is 11.6 Å². The van der Waals surface area contributed by atoms with Gasteiger partial charge in [-0.05, 0) is 18.6 Å². The number of carbonyl (C=O) groups excluding carboxylic acids is 1. The van der Waals surface area contributed by atoms with Gasteiger partial charge in [-0.1, -0.05) is 11.6 Å². The largest absolute Gasteiger partial charge is 0.394 e. The van der Waals surface area contributed by atoms with E-state index in [9.17, 15) is 13.6 Å². The highest BCUT2D eigenvalue weighted by atomic mass is 35.5. The van der Waals surface area contributed by atoms with Gasteiger partial charge in [0.2, 0.25) is 0 Å². The Hall–Kier alpha value is -1.24. The van der Waals surface area contributed by atoms with Crippen LogP contribution in [0.5, 0.6) is 0 Å². The Labute approximate surface area is 114 Å². The molecule has 106 valence electrons. The lowest BCUT2D eigenvalue weighted by Crippen LogP contribution is -2.26. The van der Waals surface area contributed by atoms with Crippen LogP contribution in [0.4, 0.5) is 8.78 Å². The van der Waals surface area contributed by atoms with Gasteiger partial charge in [-0.15, -0.1) is 0 Å². The zero-order chi connectivity index (χ0) is 14.3. The molecule has 0 aromatic heterocycles. The molecule has 0 aliphatic rings. The van der Waals surface area contributed by atoms with Gasteiger partial charge in [-0.3, -0.25) is 4.79 Å². The summed E-state index contributed by atoms with van der Waals surface area (Å²) in [4.78, 5) is 11.7. The number of nitrogens with one attached hydrogen (secondary N) is 1. The molecule has 1 aromatic carbocycles. The molecule has 0 radical (unpaired) electrons. The molecule has 19 heavy (non-hydrogen) atoms. The Balaban J connectivity index is 2.43. The number of amides is 1. The summed E-state index contributed by atoms with van der Waals surface area (Å²) >= 11 is 5.66. The van der Waals surface area contributed by atoms with Crippen LogP contribution in [0.15, 0.2) is 12.1 Å². The summed E-state index contributed by atoms with van der Waals surface area (Å²) in [6.07, 6.45) is 0.535. The number of hydrogen-bond acceptors (Lipinski definition) is 3. The molecule has 1 rings (SSSR count). The van der Waals surface area contributed by atoms with E-state index < -0.39 is 17.5 Å². The van der Waals surface area contributed by atoms with Gasteiger partial charge in [0, 0.05) is 13.2 Å². The highest BCUT2D eigenvalue weighted by Crippen LogP contribution is 2.19. The van der Waals surface area contributed by atoms with E-state index in [1.165, 1.54) is 0 Å². The van der Waals surface area contributed by atoms with Crippen molar-refractivity contribution in [3.8, 4) is 0 Å². The third kappa shape index (κ3) is 5.10. The lowest BCUT2D eigenvalue weighted by atomic mass is 10.2. The third-order valence-electron chi connectivity index (χ3n) is 2.24. The smallest absolute Gasteiger partial charge is 0.252 e. The molecule has 1 amide bonds. The number of ether oxygens (including phenoxy) is 1. The molecule has 0 heterocycles. The fourth-order valence-corrected chi connectivity index (χ4v) is 1.57. The number of hydrogen-bond donors (Lipinski definition) is 2. The predicted molar refractivity (Wildman–Crippen MR) is 66.2 cm³/mol. The quantitative estimate of drug-likeness (QED) is 0.595. The van der Waals surface area contributed by atoms with E-state index in [0.717, 1.165) is 12.1 Å². The van der Waals surface area contributed by atoms with Crippen molar-refractivity contribution in [1.29, 1.82) is 0 Å². The Morgan fingerprint density at radius 1 is 1.32 bits per heavy atom. The van der Waals surface area contributed by atoms with Crippen LogP contribution in [-0.2, 0) is 4.74 Å². The molecule has 0 atom stereocenters. The first-order valence-corrected chi connectivity index (χ1v) is 6.05. The minimum atomic E-state index is -1.12. The summed E-state index contributed by atoms with van der Waals surface area (Å²) in [5.74, 6) is -2.80. The van der Waals surface area contributed by atoms with E-state index in [1.807, 2.05) is 0 Å². The van der Waals surface area contributed by atoms with Crippen molar-refractivity contribution in [2.24, 2.45) is 0 Å². The first-order chi connectivity index (χ1) is 9.06. The Morgan fingerprint density at radius 2 is 2.00 bits per heavy atom. The fourth-order valence-electron chi connectivity index (χ4n) is 1.33. The van der Waals surface area contributed by atoms with Gasteiger partial charge < -0.3 is 15.2 Å². The standard InChI is InChI=1S/C12H14ClF2NO3/c13-9-7-11(15)10(14)6-8(9)12(18)16-2-1-4-19-5-3-17/h6-7,17H,1-5H2,(H,16,18). The maximum atomic E-state index is 13.0. The van der Waals surface area contributed by atoms with Crippen LogP contribution >= 0.6 is 11.6 Å². The SMILES string of the molecule is O=C(NCCCOCCO)c1cc(F)c(F)cc1Cl. The second-order valence-electron chi connectivity index (χ2n) is 3.69. The lowest BCUT2D eigenvalue weighted by molar-refractivity contribution is 0.0867. The molecule has 0 spiro atoms. The molecule has 0 bridgehead atoms. The summed E-state index contributed by atoms with van der Waals surface area (Å²) in [5, 5.41) is 10.8. The zero-order valence-corrected chi connectivity index (χ0v) is 10.8. The van der Waals surface area contributed by atoms with Gasteiger partial charge >= 0.3 is 0 Å². The fraction of sp³-hybridized carbons (Fsp3) is 0.417. The van der Waals surface area contributed by atoms with Crippen molar-refractivity contribution >= 4 is 17.5 Å². The summed E-state index contributed by atoms with van der Waals surface area (Å²) in [7, 11) is 0. The van der Waals surface area contributed by atoms with Crippen molar-refractivity contribution in [3.05, 3.63) is 34.4 Å². The number of carbonyl (C=O) groups is 1. The average Bonchev–Trinajstić information content (AvgIpc) is 2.37. The van der Waals surface area contributed by atoms with Gasteiger partial charge in [0.25, 0.3) is 5.91 Å². The molecule has 0 saturated carbocycles. The topological polar surface area (TPSA) is 58.6 Å². The Bertz CT molecular complexity index is 443. The summed E-state index contributed by atoms with van der Waals surface area (Å²) in [6, 6.07) is 1.52. The van der Waals surface area contributed by atoms with E-state index in [2.05, 4.69) is 5.32 Å². The highest BCUT2D eigenvalue weighted by Gasteiger charge is 2.14. The van der Waals surface area contributed by atoms with Gasteiger partial charge in [-0.2, -0.15) is 0 Å². The molecule has 4 nitrogen and oxygen atoms in total. The van der Waals surface area contributed by atoms with Gasteiger partial charge in [0.1, 0.15) is 0 Å². The summed E-state index contributed by atoms with van der Waals surface area (Å²) in [6.45, 7) is 0.867. The number of halogens is 3. The molecule has 1 aromatic rings. The Kier molecular flexibility index (Phi) is 6.69. The van der Waals surface area contributed by atoms with Crippen LogP contribution < -0.4 is 5.32 Å². The van der Waals surface area contributed by atoms with Crippen molar-refractivity contribution in [2.45, 2.75) is 6.42 Å². The van der Waals surface area contributed by atoms with Crippen molar-refractivity contribution in [3.63, 3.8) is 0 Å². The number of rotatable bonds is 7. The van der Waals surface area contributed by atoms with E-state index in [1.54, 1.807) is 0 Å². The first kappa shape index (κ1) is 15.8. The van der Waals surface area contributed by atoms with Crippen LogP contribution in [0.2, 0.25) is 5.02 Å². The maximum Gasteiger partial charge on any atom is 0.252 e. The third-order valence-corrected chi connectivity index (χ3v) is 2.55. The normalized spacial score (nSPS) is 10.5. The zero-order valence-electron chi connectivity index (χ0n) is 10.1. The number of benzene rings is 1. The van der Waals surface area contributed by atoms with Crippen LogP contribution in [0.1, 0.15) is 16.8 Å². The van der Waals surface area contributed by atoms with E-state index >= 15 is 0 Å². The molecule has 0 unspecified atom stereocenters. The maximum absolute atomic E-state index is 13.0. The second-order valence-corrected chi connectivity index (χ2v) is 4.10. The number of aliphatic hydroxyl groups excluding tert-OH is 1. The van der Waals surface area contributed by atoms with Crippen molar-refractivity contribution < 1.29 is 23.4 Å². The van der Waals surface area contributed by atoms with Gasteiger partial charge in [-0.25, -0.2) is 8.78 Å². The van der Waals surface area contributed by atoms with Crippen LogP contribution in [-0.4, -0.2) is 37.4 Å². The Morgan fingerprint density at radius 3 is 2.68 bits per heavy atom. The van der Waals surface area contributed by atoms with Crippen LogP contribution in [0, 0.1) is 11.6 Å². The van der Waals surface area contributed by atoms with Crippen LogP contribution in [0.25, 0.3) is 0 Å². The highest BCUT2D eigenvalue weighted by molar-refractivity contribution is 6.33. The molecule has 0 aliphatic carbocycles. The average molecular weight is 294 g/mol. The monoisotopic (exact) mass is 293 g/mol. The minimum Gasteiger partial charge on any atom is -0.394 e. The van der Waals surface area contributed by atoms with Crippen molar-refractivity contribution in [2.75, 3.05) is 26.4 Å². The predicted octanol–water partition coefficient (Wildman–Crippen LogP) is 1.75. The molecular formula is C12H14ClF2NO3. The van der Waals surface area contributed by atoms with Crippen molar-refractivity contribution in [1.82, 2.24) is 5.32 Å². The minimum absolute atomic E-state index is 0.0587. The lowest BCUT2D eigenvalue weighted by Gasteiger charge is -2.07. The molecule has 7 heteroatoms. The molecule has 0 saturated heterocycles. The van der Waals surface area contributed by atoms with Gasteiger partial charge in [0.05, 0.1) is 23.8 Å². The van der Waals surface area contributed by atoms with E-state index in [-0.39, 0.29) is 23.8 Å². The molecule has 0 fully saturated rings. The van der Waals surface area contributed by atoms with Crippen LogP contribution in [0.3, 0.4) is 0 Å². The van der Waals surface area contributed by atoms with E-state index in [4.69, 9.17) is 21.4 Å². The molecular weight excluding hydrogens is 280 g/mol. The van der Waals surface area contributed by atoms with E-state index in [0.29, 0.717) is 19.6 Å². The first-order valence-electron chi connectivity index (χ1n) is 5.67. The molecule has 0 aliphatic heterocycles.